The van der Waals surface area contributed by atoms with Crippen molar-refractivity contribution in [2.45, 2.75) is 38.3 Å². The van der Waals surface area contributed by atoms with Gasteiger partial charge in [0.1, 0.15) is 0 Å². The van der Waals surface area contributed by atoms with Crippen molar-refractivity contribution in [2.75, 3.05) is 13.2 Å². The Morgan fingerprint density at radius 2 is 2.20 bits per heavy atom. The molecule has 1 amide bonds. The number of hydrogen-bond acceptors (Lipinski definition) is 3. The van der Waals surface area contributed by atoms with Gasteiger partial charge in [-0.05, 0) is 37.0 Å². The fourth-order valence-electron chi connectivity index (χ4n) is 2.46. The Morgan fingerprint density at radius 1 is 1.45 bits per heavy atom. The minimum atomic E-state index is -0.463. The first kappa shape index (κ1) is 15.3. The third-order valence-electron chi connectivity index (χ3n) is 3.91. The molecular formula is C15H21ClN2O2. The number of aliphatic hydroxyl groups is 1. The number of aliphatic hydroxyl groups excluding tert-OH is 1. The molecule has 3 N–H and O–H groups in total. The van der Waals surface area contributed by atoms with Gasteiger partial charge in [0.05, 0.1) is 0 Å². The Hall–Kier alpha value is -1.10. The van der Waals surface area contributed by atoms with Crippen LogP contribution in [0, 0.1) is 0 Å². The maximum atomic E-state index is 11.1. The van der Waals surface area contributed by atoms with Crippen LogP contribution in [0.15, 0.2) is 18.2 Å². The van der Waals surface area contributed by atoms with Gasteiger partial charge in [-0.2, -0.15) is 0 Å². The molecule has 0 bridgehead atoms. The predicted octanol–water partition coefficient (Wildman–Crippen LogP) is 2.18. The van der Waals surface area contributed by atoms with Crippen LogP contribution in [0.3, 0.4) is 0 Å². The Morgan fingerprint density at radius 3 is 2.70 bits per heavy atom. The Balaban J connectivity index is 2.07. The first-order chi connectivity index (χ1) is 9.61. The van der Waals surface area contributed by atoms with Crippen LogP contribution < -0.4 is 5.73 Å². The van der Waals surface area contributed by atoms with E-state index >= 15 is 0 Å². The van der Waals surface area contributed by atoms with E-state index in [9.17, 15) is 4.79 Å². The van der Waals surface area contributed by atoms with E-state index in [1.165, 1.54) is 19.3 Å². The van der Waals surface area contributed by atoms with Gasteiger partial charge in [0.2, 0.25) is 5.91 Å². The van der Waals surface area contributed by atoms with Crippen molar-refractivity contribution in [3.63, 3.8) is 0 Å². The summed E-state index contributed by atoms with van der Waals surface area (Å²) >= 11 is 6.23. The maximum Gasteiger partial charge on any atom is 0.248 e. The SMILES string of the molecule is NC(=O)c1ccc(CN(CCCO)C2CCC2)c(Cl)c1. The van der Waals surface area contributed by atoms with E-state index in [0.717, 1.165) is 25.1 Å². The summed E-state index contributed by atoms with van der Waals surface area (Å²) < 4.78 is 0. The molecule has 0 radical (unpaired) electrons. The number of nitrogens with two attached hydrogens (primary N) is 1. The summed E-state index contributed by atoms with van der Waals surface area (Å²) in [5.74, 6) is -0.463. The normalized spacial score (nSPS) is 15.3. The fourth-order valence-corrected chi connectivity index (χ4v) is 2.70. The van der Waals surface area contributed by atoms with Crippen molar-refractivity contribution in [3.8, 4) is 0 Å². The molecule has 4 nitrogen and oxygen atoms in total. The number of carbonyl (C=O) groups is 1. The van der Waals surface area contributed by atoms with Gasteiger partial charge in [-0.25, -0.2) is 0 Å². The number of benzene rings is 1. The largest absolute Gasteiger partial charge is 0.396 e. The second-order valence-electron chi connectivity index (χ2n) is 5.30. The second-order valence-corrected chi connectivity index (χ2v) is 5.71. The highest BCUT2D eigenvalue weighted by Gasteiger charge is 2.25. The molecule has 110 valence electrons. The van der Waals surface area contributed by atoms with Gasteiger partial charge in [0, 0.05) is 36.3 Å². The zero-order valence-electron chi connectivity index (χ0n) is 11.5. The highest BCUT2D eigenvalue weighted by Crippen LogP contribution is 2.28. The van der Waals surface area contributed by atoms with E-state index in [1.807, 2.05) is 6.07 Å². The third-order valence-corrected chi connectivity index (χ3v) is 4.26. The Bertz CT molecular complexity index is 475. The van der Waals surface area contributed by atoms with Crippen LogP contribution in [0.4, 0.5) is 0 Å². The van der Waals surface area contributed by atoms with Crippen LogP contribution in [0.1, 0.15) is 41.6 Å². The number of primary amides is 1. The molecule has 1 aliphatic carbocycles. The van der Waals surface area contributed by atoms with Gasteiger partial charge in [-0.3, -0.25) is 9.69 Å². The molecule has 0 unspecified atom stereocenters. The number of carbonyl (C=O) groups excluding carboxylic acids is 1. The summed E-state index contributed by atoms with van der Waals surface area (Å²) in [4.78, 5) is 13.5. The van der Waals surface area contributed by atoms with Crippen molar-refractivity contribution in [3.05, 3.63) is 34.3 Å². The monoisotopic (exact) mass is 296 g/mol. The van der Waals surface area contributed by atoms with Gasteiger partial charge in [-0.1, -0.05) is 24.1 Å². The average Bonchev–Trinajstić information content (AvgIpc) is 2.35. The molecule has 0 aliphatic heterocycles. The van der Waals surface area contributed by atoms with Crippen molar-refractivity contribution in [2.24, 2.45) is 5.73 Å². The zero-order valence-corrected chi connectivity index (χ0v) is 12.3. The number of hydrogen-bond donors (Lipinski definition) is 2. The molecule has 1 saturated carbocycles. The third kappa shape index (κ3) is 3.72. The van der Waals surface area contributed by atoms with Crippen LogP contribution in [-0.4, -0.2) is 35.1 Å². The first-order valence-electron chi connectivity index (χ1n) is 7.05. The van der Waals surface area contributed by atoms with Gasteiger partial charge >= 0.3 is 0 Å². The van der Waals surface area contributed by atoms with E-state index in [4.69, 9.17) is 22.4 Å². The summed E-state index contributed by atoms with van der Waals surface area (Å²) in [6, 6.07) is 5.81. The molecule has 1 aromatic rings. The molecule has 1 fully saturated rings. The van der Waals surface area contributed by atoms with Gasteiger partial charge in [-0.15, -0.1) is 0 Å². The molecule has 1 aliphatic rings. The molecule has 0 atom stereocenters. The summed E-state index contributed by atoms with van der Waals surface area (Å²) in [6.07, 6.45) is 4.47. The van der Waals surface area contributed by atoms with Crippen molar-refractivity contribution in [1.29, 1.82) is 0 Å². The van der Waals surface area contributed by atoms with Gasteiger partial charge < -0.3 is 10.8 Å². The lowest BCUT2D eigenvalue weighted by Crippen LogP contribution is -2.40. The quantitative estimate of drug-likeness (QED) is 0.810. The van der Waals surface area contributed by atoms with Gasteiger partial charge in [0.25, 0.3) is 0 Å². The lowest BCUT2D eigenvalue weighted by atomic mass is 9.91. The second kappa shape index (κ2) is 7.07. The molecule has 5 heteroatoms. The molecule has 0 spiro atoms. The minimum Gasteiger partial charge on any atom is -0.396 e. The minimum absolute atomic E-state index is 0.206. The summed E-state index contributed by atoms with van der Waals surface area (Å²) in [5, 5.41) is 9.58. The smallest absolute Gasteiger partial charge is 0.248 e. The van der Waals surface area contributed by atoms with Gasteiger partial charge in [0.15, 0.2) is 0 Å². The molecule has 2 rings (SSSR count). The van der Waals surface area contributed by atoms with Crippen LogP contribution >= 0.6 is 11.6 Å². The number of rotatable bonds is 7. The zero-order chi connectivity index (χ0) is 14.5. The number of halogens is 1. The van der Waals surface area contributed by atoms with Crippen molar-refractivity contribution < 1.29 is 9.90 Å². The molecule has 0 saturated heterocycles. The van der Waals surface area contributed by atoms with E-state index in [1.54, 1.807) is 12.1 Å². The standard InChI is InChI=1S/C15H21ClN2O2/c16-14-9-11(15(17)20)5-6-12(14)10-18(7-2-8-19)13-3-1-4-13/h5-6,9,13,19H,1-4,7-8,10H2,(H2,17,20). The van der Waals surface area contributed by atoms with Crippen LogP contribution in [0.2, 0.25) is 5.02 Å². The van der Waals surface area contributed by atoms with Crippen molar-refractivity contribution in [1.82, 2.24) is 4.90 Å². The van der Waals surface area contributed by atoms with E-state index < -0.39 is 5.91 Å². The number of amides is 1. The van der Waals surface area contributed by atoms with Crippen LogP contribution in [0.25, 0.3) is 0 Å². The highest BCUT2D eigenvalue weighted by atomic mass is 35.5. The van der Waals surface area contributed by atoms with E-state index in [0.29, 0.717) is 16.6 Å². The van der Waals surface area contributed by atoms with E-state index in [2.05, 4.69) is 4.90 Å². The molecule has 0 heterocycles. The lowest BCUT2D eigenvalue weighted by molar-refractivity contribution is 0.0999. The summed E-state index contributed by atoms with van der Waals surface area (Å²) in [7, 11) is 0. The summed E-state index contributed by atoms with van der Waals surface area (Å²) in [5.41, 5.74) is 6.68. The highest BCUT2D eigenvalue weighted by molar-refractivity contribution is 6.31. The van der Waals surface area contributed by atoms with Crippen LogP contribution in [-0.2, 0) is 6.54 Å². The number of nitrogens with zero attached hydrogens (tertiary/aromatic N) is 1. The van der Waals surface area contributed by atoms with Crippen LogP contribution in [0.5, 0.6) is 0 Å². The molecule has 0 aromatic heterocycles. The Kier molecular flexibility index (Phi) is 5.40. The van der Waals surface area contributed by atoms with Crippen molar-refractivity contribution >= 4 is 17.5 Å². The predicted molar refractivity (Wildman–Crippen MR) is 79.7 cm³/mol. The Labute approximate surface area is 124 Å². The molecular weight excluding hydrogens is 276 g/mol. The molecule has 20 heavy (non-hydrogen) atoms. The first-order valence-corrected chi connectivity index (χ1v) is 7.42. The van der Waals surface area contributed by atoms with E-state index in [-0.39, 0.29) is 6.61 Å². The lowest BCUT2D eigenvalue weighted by Gasteiger charge is -2.37. The fraction of sp³-hybridized carbons (Fsp3) is 0.533. The topological polar surface area (TPSA) is 66.6 Å². The molecule has 1 aromatic carbocycles. The average molecular weight is 297 g/mol. The summed E-state index contributed by atoms with van der Waals surface area (Å²) in [6.45, 7) is 1.83. The maximum absolute atomic E-state index is 11.1.